The highest BCUT2D eigenvalue weighted by Gasteiger charge is 2.58. The molecule has 4 rings (SSSR count). The van der Waals surface area contributed by atoms with Crippen LogP contribution in [0.4, 0.5) is 0 Å². The molecule has 0 saturated heterocycles. The second-order valence-corrected chi connectivity index (χ2v) is 8.91. The summed E-state index contributed by atoms with van der Waals surface area (Å²) in [6.45, 7) is 7.11. The molecule has 2 fully saturated rings. The Hall–Kier alpha value is -0.560. The molecular weight excluding hydrogens is 268 g/mol. The Balaban J connectivity index is 1.74. The van der Waals surface area contributed by atoms with Gasteiger partial charge in [0.05, 0.1) is 6.10 Å². The summed E-state index contributed by atoms with van der Waals surface area (Å²) in [5.74, 6) is 2.45. The van der Waals surface area contributed by atoms with Crippen molar-refractivity contribution in [3.8, 4) is 0 Å². The first kappa shape index (κ1) is 15.0. The van der Waals surface area contributed by atoms with Crippen LogP contribution in [0.15, 0.2) is 23.3 Å². The molecule has 0 aromatic carbocycles. The van der Waals surface area contributed by atoms with E-state index < -0.39 is 0 Å². The summed E-state index contributed by atoms with van der Waals surface area (Å²) in [5.41, 5.74) is 3.91. The molecule has 4 aliphatic rings. The Kier molecular flexibility index (Phi) is 3.39. The molecule has 4 aliphatic carbocycles. The second-order valence-electron chi connectivity index (χ2n) is 8.91. The number of rotatable bonds is 1. The van der Waals surface area contributed by atoms with Gasteiger partial charge in [-0.3, -0.25) is 0 Å². The maximum absolute atomic E-state index is 10.5. The van der Waals surface area contributed by atoms with Crippen LogP contribution < -0.4 is 0 Å². The van der Waals surface area contributed by atoms with E-state index in [0.717, 1.165) is 24.2 Å². The Morgan fingerprint density at radius 2 is 2.00 bits per heavy atom. The van der Waals surface area contributed by atoms with Gasteiger partial charge in [-0.15, -0.1) is 0 Å². The average Bonchev–Trinajstić information content (AvgIpc) is 2.82. The number of aliphatic hydroxyl groups excluding tert-OH is 1. The lowest BCUT2D eigenvalue weighted by Crippen LogP contribution is -2.50. The Morgan fingerprint density at radius 3 is 2.77 bits per heavy atom. The van der Waals surface area contributed by atoms with Crippen molar-refractivity contribution in [2.75, 3.05) is 0 Å². The van der Waals surface area contributed by atoms with Crippen LogP contribution in [0.25, 0.3) is 0 Å². The van der Waals surface area contributed by atoms with Gasteiger partial charge in [0.15, 0.2) is 0 Å². The van der Waals surface area contributed by atoms with Crippen LogP contribution in [0.2, 0.25) is 0 Å². The SMILES string of the molecule is CC[C@]12CCC(C)=CC1=CCC1C2CC[C@@]2(C)C1CC[C@@H]2O. The van der Waals surface area contributed by atoms with Crippen LogP contribution in [0.5, 0.6) is 0 Å². The summed E-state index contributed by atoms with van der Waals surface area (Å²) in [6.07, 6.45) is 15.2. The zero-order chi connectivity index (χ0) is 15.5. The lowest BCUT2D eigenvalue weighted by Gasteiger charge is -2.57. The van der Waals surface area contributed by atoms with Gasteiger partial charge >= 0.3 is 0 Å². The zero-order valence-electron chi connectivity index (χ0n) is 14.6. The van der Waals surface area contributed by atoms with Crippen molar-refractivity contribution in [2.24, 2.45) is 28.6 Å². The predicted molar refractivity (Wildman–Crippen MR) is 91.5 cm³/mol. The molecule has 0 bridgehead atoms. The molecule has 0 aromatic heterocycles. The van der Waals surface area contributed by atoms with Crippen LogP contribution in [0.3, 0.4) is 0 Å². The van der Waals surface area contributed by atoms with Crippen molar-refractivity contribution in [1.29, 1.82) is 0 Å². The Morgan fingerprint density at radius 1 is 1.18 bits per heavy atom. The predicted octanol–water partition coefficient (Wildman–Crippen LogP) is 5.26. The number of allylic oxidation sites excluding steroid dienone is 4. The molecule has 0 aliphatic heterocycles. The number of hydrogen-bond acceptors (Lipinski definition) is 1. The van der Waals surface area contributed by atoms with E-state index in [0.29, 0.717) is 5.41 Å². The summed E-state index contributed by atoms with van der Waals surface area (Å²) < 4.78 is 0. The minimum atomic E-state index is -0.0464. The van der Waals surface area contributed by atoms with Gasteiger partial charge in [0.2, 0.25) is 0 Å². The summed E-state index contributed by atoms with van der Waals surface area (Å²) in [7, 11) is 0. The number of aliphatic hydroxyl groups is 1. The van der Waals surface area contributed by atoms with Crippen LogP contribution >= 0.6 is 0 Å². The van der Waals surface area contributed by atoms with Crippen molar-refractivity contribution < 1.29 is 5.11 Å². The van der Waals surface area contributed by atoms with Crippen LogP contribution in [0, 0.1) is 28.6 Å². The van der Waals surface area contributed by atoms with E-state index in [4.69, 9.17) is 0 Å². The molecule has 0 spiro atoms. The molecular formula is C21H32O. The molecule has 0 aromatic rings. The van der Waals surface area contributed by atoms with Crippen molar-refractivity contribution in [3.63, 3.8) is 0 Å². The number of hydrogen-bond donors (Lipinski definition) is 1. The topological polar surface area (TPSA) is 20.2 Å². The fraction of sp³-hybridized carbons (Fsp3) is 0.810. The molecule has 22 heavy (non-hydrogen) atoms. The largest absolute Gasteiger partial charge is 0.393 e. The van der Waals surface area contributed by atoms with E-state index in [2.05, 4.69) is 32.9 Å². The summed E-state index contributed by atoms with van der Waals surface area (Å²) in [4.78, 5) is 0. The summed E-state index contributed by atoms with van der Waals surface area (Å²) in [5, 5.41) is 10.5. The molecule has 1 N–H and O–H groups in total. The molecule has 122 valence electrons. The monoisotopic (exact) mass is 300 g/mol. The van der Waals surface area contributed by atoms with Gasteiger partial charge in [0.25, 0.3) is 0 Å². The van der Waals surface area contributed by atoms with Crippen molar-refractivity contribution in [2.45, 2.75) is 78.2 Å². The molecule has 1 heteroatoms. The smallest absolute Gasteiger partial charge is 0.0596 e. The highest BCUT2D eigenvalue weighted by Crippen LogP contribution is 2.65. The molecule has 3 unspecified atom stereocenters. The fourth-order valence-corrected chi connectivity index (χ4v) is 6.89. The van der Waals surface area contributed by atoms with Crippen molar-refractivity contribution >= 4 is 0 Å². The first-order valence-corrected chi connectivity index (χ1v) is 9.57. The molecule has 0 heterocycles. The van der Waals surface area contributed by atoms with E-state index in [9.17, 15) is 5.11 Å². The van der Waals surface area contributed by atoms with Crippen LogP contribution in [-0.2, 0) is 0 Å². The second kappa shape index (κ2) is 4.97. The van der Waals surface area contributed by atoms with Crippen molar-refractivity contribution in [3.05, 3.63) is 23.3 Å². The van der Waals surface area contributed by atoms with Gasteiger partial charge in [-0.25, -0.2) is 0 Å². The molecule has 0 amide bonds. The normalized spacial score (nSPS) is 50.5. The fourth-order valence-electron chi connectivity index (χ4n) is 6.89. The summed E-state index contributed by atoms with van der Waals surface area (Å²) >= 11 is 0. The quantitative estimate of drug-likeness (QED) is 0.700. The summed E-state index contributed by atoms with van der Waals surface area (Å²) in [6, 6.07) is 0. The third kappa shape index (κ3) is 1.81. The van der Waals surface area contributed by atoms with E-state index in [-0.39, 0.29) is 11.5 Å². The molecule has 2 saturated carbocycles. The van der Waals surface area contributed by atoms with E-state index in [1.807, 2.05) is 0 Å². The lowest BCUT2D eigenvalue weighted by molar-refractivity contribution is -0.0673. The van der Waals surface area contributed by atoms with Crippen LogP contribution in [-0.4, -0.2) is 11.2 Å². The first-order valence-electron chi connectivity index (χ1n) is 9.57. The van der Waals surface area contributed by atoms with E-state index in [1.165, 1.54) is 44.9 Å². The van der Waals surface area contributed by atoms with Crippen molar-refractivity contribution in [1.82, 2.24) is 0 Å². The average molecular weight is 300 g/mol. The zero-order valence-corrected chi connectivity index (χ0v) is 14.6. The Labute approximate surface area is 135 Å². The van der Waals surface area contributed by atoms with Gasteiger partial charge in [0.1, 0.15) is 0 Å². The van der Waals surface area contributed by atoms with Gasteiger partial charge in [-0.2, -0.15) is 0 Å². The standard InChI is InChI=1S/C21H32O/c1-4-21-12-9-14(2)13-15(21)5-6-16-17-7-8-19(22)20(17,3)11-10-18(16)21/h5,13,16-19,22H,4,6-12H2,1-3H3/t16?,17?,18?,19-,20-,21-/m0/s1. The highest BCUT2D eigenvalue weighted by molar-refractivity contribution is 5.37. The highest BCUT2D eigenvalue weighted by atomic mass is 16.3. The maximum atomic E-state index is 10.5. The van der Waals surface area contributed by atoms with Crippen LogP contribution in [0.1, 0.15) is 72.1 Å². The Bertz CT molecular complexity index is 530. The molecule has 1 nitrogen and oxygen atoms in total. The minimum Gasteiger partial charge on any atom is -0.393 e. The van der Waals surface area contributed by atoms with E-state index in [1.54, 1.807) is 11.1 Å². The third-order valence-corrected chi connectivity index (χ3v) is 8.28. The van der Waals surface area contributed by atoms with E-state index >= 15 is 0 Å². The third-order valence-electron chi connectivity index (χ3n) is 8.28. The van der Waals surface area contributed by atoms with Gasteiger partial charge in [0, 0.05) is 0 Å². The minimum absolute atomic E-state index is 0.0464. The molecule has 0 radical (unpaired) electrons. The molecule has 6 atom stereocenters. The van der Waals surface area contributed by atoms with Gasteiger partial charge in [-0.1, -0.05) is 31.6 Å². The number of fused-ring (bicyclic) bond motifs is 5. The lowest BCUT2D eigenvalue weighted by atomic mass is 9.47. The maximum Gasteiger partial charge on any atom is 0.0596 e. The first-order chi connectivity index (χ1) is 10.5. The van der Waals surface area contributed by atoms with Gasteiger partial charge < -0.3 is 5.11 Å². The van der Waals surface area contributed by atoms with Gasteiger partial charge in [-0.05, 0) is 92.4 Å².